The van der Waals surface area contributed by atoms with Gasteiger partial charge in [0.15, 0.2) is 5.96 Å². The van der Waals surface area contributed by atoms with Gasteiger partial charge in [-0.05, 0) is 18.8 Å². The highest BCUT2D eigenvalue weighted by Crippen LogP contribution is 2.07. The summed E-state index contributed by atoms with van der Waals surface area (Å²) >= 11 is 0. The summed E-state index contributed by atoms with van der Waals surface area (Å²) in [4.78, 5) is 0. The molecule has 0 rings (SSSR count). The largest absolute Gasteiger partial charge is 0.370 e. The summed E-state index contributed by atoms with van der Waals surface area (Å²) in [5.41, 5.74) is 5.08. The number of nitrogens with two attached hydrogens (primary N) is 1. The molecule has 0 saturated heterocycles. The number of hydrogen-bond donors (Lipinski definition) is 3. The third-order valence-electron chi connectivity index (χ3n) is 1.53. The molecule has 4 heteroatoms. The van der Waals surface area contributed by atoms with Gasteiger partial charge in [-0.1, -0.05) is 6.92 Å². The van der Waals surface area contributed by atoms with Gasteiger partial charge in [-0.25, -0.2) is 0 Å². The molecule has 1 radical (unpaired) electrons. The lowest BCUT2D eigenvalue weighted by atomic mass is 10.0. The highest BCUT2D eigenvalue weighted by Gasteiger charge is 2.00. The first-order chi connectivity index (χ1) is 5.66. The molecule has 1 atom stereocenters. The molecule has 0 aliphatic rings. The van der Waals surface area contributed by atoms with Gasteiger partial charge in [-0.15, -0.1) is 0 Å². The quantitative estimate of drug-likeness (QED) is 0.414. The summed E-state index contributed by atoms with van der Waals surface area (Å²) in [5, 5.41) is 17.8. The Hall–Kier alpha value is -1.24. The predicted octanol–water partition coefficient (Wildman–Crippen LogP) is 0.614. The fourth-order valence-corrected chi connectivity index (χ4v) is 0.824. The van der Waals surface area contributed by atoms with E-state index in [2.05, 4.69) is 18.3 Å². The number of nitrogens with zero attached hydrogens (tertiary/aromatic N) is 1. The Bertz CT molecular complexity index is 170. The molecule has 0 aliphatic heterocycles. The minimum Gasteiger partial charge on any atom is -0.370 e. The van der Waals surface area contributed by atoms with Gasteiger partial charge in [0.25, 0.3) is 0 Å². The summed E-state index contributed by atoms with van der Waals surface area (Å²) in [6.07, 6.45) is 2.21. The molecule has 0 bridgehead atoms. The second-order valence-electron chi connectivity index (χ2n) is 2.69. The fraction of sp³-hybridized carbons (Fsp3) is 0.625. The van der Waals surface area contributed by atoms with Gasteiger partial charge >= 0.3 is 0 Å². The van der Waals surface area contributed by atoms with Gasteiger partial charge in [0, 0.05) is 13.0 Å². The van der Waals surface area contributed by atoms with Gasteiger partial charge in [0.2, 0.25) is 0 Å². The highest BCUT2D eigenvalue weighted by molar-refractivity contribution is 5.74. The average Bonchev–Trinajstić information content (AvgIpc) is 2.00. The second kappa shape index (κ2) is 6.47. The van der Waals surface area contributed by atoms with Gasteiger partial charge in [0.05, 0.1) is 6.07 Å². The molecule has 0 amide bonds. The van der Waals surface area contributed by atoms with Crippen molar-refractivity contribution >= 4 is 5.96 Å². The van der Waals surface area contributed by atoms with Crippen LogP contribution in [0.1, 0.15) is 19.3 Å². The highest BCUT2D eigenvalue weighted by atomic mass is 15.0. The van der Waals surface area contributed by atoms with Crippen LogP contribution in [0.5, 0.6) is 0 Å². The maximum absolute atomic E-state index is 8.28. The van der Waals surface area contributed by atoms with Crippen LogP contribution in [-0.2, 0) is 0 Å². The number of nitriles is 1. The maximum Gasteiger partial charge on any atom is 0.185 e. The SMILES string of the molecule is [CH2]C(CCC#N)CCNC(=N)N. The van der Waals surface area contributed by atoms with Crippen molar-refractivity contribution in [3.63, 3.8) is 0 Å². The van der Waals surface area contributed by atoms with Crippen molar-refractivity contribution in [2.75, 3.05) is 6.54 Å². The van der Waals surface area contributed by atoms with Gasteiger partial charge < -0.3 is 11.1 Å². The van der Waals surface area contributed by atoms with Crippen LogP contribution in [0.4, 0.5) is 0 Å². The Kier molecular flexibility index (Phi) is 5.80. The van der Waals surface area contributed by atoms with Crippen LogP contribution in [0, 0.1) is 29.6 Å². The topological polar surface area (TPSA) is 85.7 Å². The average molecular weight is 167 g/mol. The van der Waals surface area contributed by atoms with E-state index in [-0.39, 0.29) is 11.9 Å². The van der Waals surface area contributed by atoms with E-state index in [0.717, 1.165) is 12.8 Å². The molecule has 12 heavy (non-hydrogen) atoms. The monoisotopic (exact) mass is 167 g/mol. The third-order valence-corrected chi connectivity index (χ3v) is 1.53. The summed E-state index contributed by atoms with van der Waals surface area (Å²) < 4.78 is 0. The molecule has 67 valence electrons. The molecule has 4 nitrogen and oxygen atoms in total. The summed E-state index contributed by atoms with van der Waals surface area (Å²) in [5.74, 6) is 0.263. The smallest absolute Gasteiger partial charge is 0.185 e. The Balaban J connectivity index is 3.26. The van der Waals surface area contributed by atoms with Crippen molar-refractivity contribution in [1.29, 1.82) is 10.7 Å². The molecule has 0 aliphatic carbocycles. The lowest BCUT2D eigenvalue weighted by molar-refractivity contribution is 0.542. The summed E-state index contributed by atoms with van der Waals surface area (Å²) in [6, 6.07) is 2.07. The minimum absolute atomic E-state index is 0.0116. The number of guanidine groups is 1. The summed E-state index contributed by atoms with van der Waals surface area (Å²) in [6.45, 7) is 4.53. The van der Waals surface area contributed by atoms with E-state index in [0.29, 0.717) is 13.0 Å². The Labute approximate surface area is 73.3 Å². The van der Waals surface area contributed by atoms with Crippen LogP contribution in [-0.4, -0.2) is 12.5 Å². The first-order valence-electron chi connectivity index (χ1n) is 3.94. The molecule has 0 aromatic carbocycles. The Morgan fingerprint density at radius 1 is 1.67 bits per heavy atom. The lowest BCUT2D eigenvalue weighted by Crippen LogP contribution is -2.31. The zero-order chi connectivity index (χ0) is 9.40. The van der Waals surface area contributed by atoms with Crippen LogP contribution in [0.3, 0.4) is 0 Å². The fourth-order valence-electron chi connectivity index (χ4n) is 0.824. The van der Waals surface area contributed by atoms with Gasteiger partial charge in [-0.3, -0.25) is 5.41 Å². The molecule has 1 unspecified atom stereocenters. The number of rotatable bonds is 5. The summed E-state index contributed by atoms with van der Waals surface area (Å²) in [7, 11) is 0. The second-order valence-corrected chi connectivity index (χ2v) is 2.69. The van der Waals surface area contributed by atoms with Crippen LogP contribution in [0.15, 0.2) is 0 Å². The number of nitrogens with one attached hydrogen (secondary N) is 2. The van der Waals surface area contributed by atoms with E-state index in [1.165, 1.54) is 0 Å². The van der Waals surface area contributed by atoms with E-state index < -0.39 is 0 Å². The molecule has 0 heterocycles. The molecule has 0 saturated carbocycles. The van der Waals surface area contributed by atoms with Crippen molar-refractivity contribution in [1.82, 2.24) is 5.32 Å². The lowest BCUT2D eigenvalue weighted by Gasteiger charge is -2.09. The van der Waals surface area contributed by atoms with Crippen molar-refractivity contribution in [2.24, 2.45) is 11.7 Å². The van der Waals surface area contributed by atoms with E-state index in [1.54, 1.807) is 0 Å². The van der Waals surface area contributed by atoms with Gasteiger partial charge in [-0.2, -0.15) is 5.26 Å². The first-order valence-corrected chi connectivity index (χ1v) is 3.94. The minimum atomic E-state index is -0.0116. The van der Waals surface area contributed by atoms with E-state index in [4.69, 9.17) is 16.4 Å². The van der Waals surface area contributed by atoms with Crippen LogP contribution < -0.4 is 11.1 Å². The van der Waals surface area contributed by atoms with Crippen LogP contribution >= 0.6 is 0 Å². The molecule has 0 spiro atoms. The van der Waals surface area contributed by atoms with E-state index in [9.17, 15) is 0 Å². The molecular formula is C8H15N4. The predicted molar refractivity (Wildman–Crippen MR) is 48.2 cm³/mol. The zero-order valence-electron chi connectivity index (χ0n) is 7.14. The van der Waals surface area contributed by atoms with Gasteiger partial charge in [0.1, 0.15) is 0 Å². The van der Waals surface area contributed by atoms with Crippen molar-refractivity contribution < 1.29 is 0 Å². The molecule has 4 N–H and O–H groups in total. The van der Waals surface area contributed by atoms with Crippen molar-refractivity contribution in [2.45, 2.75) is 19.3 Å². The van der Waals surface area contributed by atoms with E-state index >= 15 is 0 Å². The van der Waals surface area contributed by atoms with Crippen molar-refractivity contribution in [3.8, 4) is 6.07 Å². The molecule has 0 aromatic rings. The third kappa shape index (κ3) is 6.87. The number of hydrogen-bond acceptors (Lipinski definition) is 2. The zero-order valence-corrected chi connectivity index (χ0v) is 7.14. The molecular weight excluding hydrogens is 152 g/mol. The Morgan fingerprint density at radius 3 is 2.83 bits per heavy atom. The van der Waals surface area contributed by atoms with Crippen LogP contribution in [0.25, 0.3) is 0 Å². The van der Waals surface area contributed by atoms with Crippen LogP contribution in [0.2, 0.25) is 0 Å². The maximum atomic E-state index is 8.28. The first kappa shape index (κ1) is 10.8. The molecule has 0 fully saturated rings. The Morgan fingerprint density at radius 2 is 2.33 bits per heavy atom. The molecule has 0 aromatic heterocycles. The van der Waals surface area contributed by atoms with E-state index in [1.807, 2.05) is 0 Å². The van der Waals surface area contributed by atoms with Crippen molar-refractivity contribution in [3.05, 3.63) is 6.92 Å². The standard InChI is InChI=1S/C8H15N4/c1-7(3-2-5-9)4-6-12-8(10)11/h7H,1-4,6H2,(H4,10,11,12). The normalized spacial score (nSPS) is 11.7.